The molecular formula is C23H27Cl2FN2O2. The van der Waals surface area contributed by atoms with Gasteiger partial charge < -0.3 is 9.64 Å². The minimum atomic E-state index is -0.165. The number of nitrogens with zero attached hydrogens (tertiary/aromatic N) is 2. The van der Waals surface area contributed by atoms with E-state index in [0.717, 1.165) is 36.3 Å². The maximum absolute atomic E-state index is 13.7. The molecule has 1 heterocycles. The van der Waals surface area contributed by atoms with Crippen molar-refractivity contribution < 1.29 is 13.9 Å². The van der Waals surface area contributed by atoms with Crippen LogP contribution in [0.15, 0.2) is 30.3 Å². The third kappa shape index (κ3) is 5.87. The fourth-order valence-corrected chi connectivity index (χ4v) is 4.02. The molecule has 1 amide bonds. The molecule has 2 aromatic carbocycles. The molecule has 162 valence electrons. The summed E-state index contributed by atoms with van der Waals surface area (Å²) >= 11 is 11.9. The first-order valence-corrected chi connectivity index (χ1v) is 11.0. The fourth-order valence-electron chi connectivity index (χ4n) is 3.62. The molecule has 0 atom stereocenters. The van der Waals surface area contributed by atoms with Crippen LogP contribution in [-0.2, 0) is 17.8 Å². The summed E-state index contributed by atoms with van der Waals surface area (Å²) in [6.07, 6.45) is 0.632. The fraction of sp³-hybridized carbons (Fsp3) is 0.435. The average Bonchev–Trinajstić information content (AvgIpc) is 2.72. The molecule has 7 heteroatoms. The normalized spacial score (nSPS) is 14.8. The molecule has 0 spiro atoms. The van der Waals surface area contributed by atoms with Gasteiger partial charge in [0, 0.05) is 43.6 Å². The Bertz CT molecular complexity index is 899. The number of aryl methyl sites for hydroxylation is 3. The summed E-state index contributed by atoms with van der Waals surface area (Å²) in [5.74, 6) is 0.908. The Hall–Kier alpha value is -1.82. The highest BCUT2D eigenvalue weighted by Crippen LogP contribution is 2.24. The number of piperazine rings is 1. The van der Waals surface area contributed by atoms with Gasteiger partial charge in [-0.25, -0.2) is 4.39 Å². The third-order valence-corrected chi connectivity index (χ3v) is 5.90. The second-order valence-corrected chi connectivity index (χ2v) is 8.48. The summed E-state index contributed by atoms with van der Waals surface area (Å²) in [6, 6.07) is 8.86. The molecule has 30 heavy (non-hydrogen) atoms. The van der Waals surface area contributed by atoms with E-state index in [9.17, 15) is 9.18 Å². The highest BCUT2D eigenvalue weighted by atomic mass is 35.5. The molecule has 0 saturated carbocycles. The molecule has 4 nitrogen and oxygen atoms in total. The average molecular weight is 453 g/mol. The second kappa shape index (κ2) is 10.5. The van der Waals surface area contributed by atoms with Crippen LogP contribution >= 0.6 is 23.2 Å². The van der Waals surface area contributed by atoms with E-state index in [2.05, 4.69) is 4.90 Å². The number of rotatable bonds is 7. The highest BCUT2D eigenvalue weighted by Gasteiger charge is 2.22. The maximum atomic E-state index is 13.7. The largest absolute Gasteiger partial charge is 0.483 e. The third-order valence-electron chi connectivity index (χ3n) is 5.47. The maximum Gasteiger partial charge on any atom is 0.260 e. The number of ether oxygens (including phenoxy) is 1. The predicted molar refractivity (Wildman–Crippen MR) is 119 cm³/mol. The van der Waals surface area contributed by atoms with Crippen LogP contribution in [0.25, 0.3) is 0 Å². The number of halogens is 3. The summed E-state index contributed by atoms with van der Waals surface area (Å²) in [6.45, 7) is 7.33. The number of hydrogen-bond acceptors (Lipinski definition) is 3. The Labute approximate surface area is 187 Å². The Morgan fingerprint density at radius 1 is 1.07 bits per heavy atom. The molecule has 3 rings (SSSR count). The SMILES string of the molecule is Cc1cc(CN2CCN(C(=O)COc3ccc(Cl)cc3CCCl)CC2)c(C)cc1F. The van der Waals surface area contributed by atoms with E-state index < -0.39 is 0 Å². The van der Waals surface area contributed by atoms with Gasteiger partial charge >= 0.3 is 0 Å². The van der Waals surface area contributed by atoms with E-state index in [4.69, 9.17) is 27.9 Å². The van der Waals surface area contributed by atoms with Crippen LogP contribution < -0.4 is 4.74 Å². The lowest BCUT2D eigenvalue weighted by Gasteiger charge is -2.35. The van der Waals surface area contributed by atoms with Crippen molar-refractivity contribution in [2.45, 2.75) is 26.8 Å². The van der Waals surface area contributed by atoms with Crippen LogP contribution in [0, 0.1) is 19.7 Å². The lowest BCUT2D eigenvalue weighted by Crippen LogP contribution is -2.49. The molecule has 1 fully saturated rings. The Morgan fingerprint density at radius 3 is 2.50 bits per heavy atom. The van der Waals surface area contributed by atoms with Crippen LogP contribution in [-0.4, -0.2) is 54.4 Å². The summed E-state index contributed by atoms with van der Waals surface area (Å²) in [5.41, 5.74) is 3.66. The first kappa shape index (κ1) is 22.9. The van der Waals surface area contributed by atoms with Gasteiger partial charge in [0.25, 0.3) is 5.91 Å². The van der Waals surface area contributed by atoms with E-state index in [0.29, 0.717) is 41.7 Å². The van der Waals surface area contributed by atoms with Crippen LogP contribution in [0.3, 0.4) is 0 Å². The van der Waals surface area contributed by atoms with Gasteiger partial charge in [-0.15, -0.1) is 11.6 Å². The van der Waals surface area contributed by atoms with Gasteiger partial charge in [-0.3, -0.25) is 9.69 Å². The van der Waals surface area contributed by atoms with Crippen molar-refractivity contribution in [3.8, 4) is 5.75 Å². The monoisotopic (exact) mass is 452 g/mol. The van der Waals surface area contributed by atoms with Gasteiger partial charge in [0.1, 0.15) is 11.6 Å². The van der Waals surface area contributed by atoms with Gasteiger partial charge in [0.2, 0.25) is 0 Å². The first-order valence-electron chi connectivity index (χ1n) is 10.1. The number of carbonyl (C=O) groups excluding carboxylic acids is 1. The zero-order chi connectivity index (χ0) is 21.7. The zero-order valence-corrected chi connectivity index (χ0v) is 18.9. The zero-order valence-electron chi connectivity index (χ0n) is 17.4. The molecule has 0 bridgehead atoms. The highest BCUT2D eigenvalue weighted by molar-refractivity contribution is 6.30. The Balaban J connectivity index is 1.50. The van der Waals surface area contributed by atoms with E-state index in [1.165, 1.54) is 0 Å². The summed E-state index contributed by atoms with van der Waals surface area (Å²) in [7, 11) is 0. The second-order valence-electron chi connectivity index (χ2n) is 7.66. The Morgan fingerprint density at radius 2 is 1.80 bits per heavy atom. The van der Waals surface area contributed by atoms with Crippen molar-refractivity contribution in [3.63, 3.8) is 0 Å². The minimum absolute atomic E-state index is 0.00676. The van der Waals surface area contributed by atoms with E-state index >= 15 is 0 Å². The van der Waals surface area contributed by atoms with Crippen LogP contribution in [0.5, 0.6) is 5.75 Å². The van der Waals surface area contributed by atoms with Gasteiger partial charge in [-0.1, -0.05) is 17.7 Å². The van der Waals surface area contributed by atoms with Gasteiger partial charge in [-0.05, 0) is 66.8 Å². The first-order chi connectivity index (χ1) is 14.4. The summed E-state index contributed by atoms with van der Waals surface area (Å²) < 4.78 is 19.4. The molecule has 1 aliphatic rings. The smallest absolute Gasteiger partial charge is 0.260 e. The van der Waals surface area contributed by atoms with Gasteiger partial charge in [0.05, 0.1) is 0 Å². The van der Waals surface area contributed by atoms with Crippen molar-refractivity contribution in [2.24, 2.45) is 0 Å². The lowest BCUT2D eigenvalue weighted by molar-refractivity contribution is -0.135. The molecule has 1 aliphatic heterocycles. The topological polar surface area (TPSA) is 32.8 Å². The number of hydrogen-bond donors (Lipinski definition) is 0. The van der Waals surface area contributed by atoms with Crippen LogP contribution in [0.2, 0.25) is 5.02 Å². The van der Waals surface area contributed by atoms with Crippen molar-refractivity contribution >= 4 is 29.1 Å². The Kier molecular flexibility index (Phi) is 7.98. The number of carbonyl (C=O) groups is 1. The molecule has 2 aromatic rings. The predicted octanol–water partition coefficient (Wildman–Crippen LogP) is 4.60. The summed E-state index contributed by atoms with van der Waals surface area (Å²) in [5, 5.41) is 0.622. The number of amides is 1. The summed E-state index contributed by atoms with van der Waals surface area (Å²) in [4.78, 5) is 16.7. The van der Waals surface area contributed by atoms with Gasteiger partial charge in [-0.2, -0.15) is 0 Å². The molecule has 0 aliphatic carbocycles. The van der Waals surface area contributed by atoms with E-state index in [1.807, 2.05) is 24.0 Å². The molecule has 0 radical (unpaired) electrons. The molecule has 0 aromatic heterocycles. The van der Waals surface area contributed by atoms with E-state index in [1.54, 1.807) is 25.1 Å². The number of alkyl halides is 1. The molecule has 0 N–H and O–H groups in total. The van der Waals surface area contributed by atoms with Crippen LogP contribution in [0.1, 0.15) is 22.3 Å². The van der Waals surface area contributed by atoms with E-state index in [-0.39, 0.29) is 18.3 Å². The quantitative estimate of drug-likeness (QED) is 0.575. The lowest BCUT2D eigenvalue weighted by atomic mass is 10.0. The van der Waals surface area contributed by atoms with Gasteiger partial charge in [0.15, 0.2) is 6.61 Å². The van der Waals surface area contributed by atoms with Crippen molar-refractivity contribution in [3.05, 3.63) is 63.4 Å². The molecule has 0 unspecified atom stereocenters. The van der Waals surface area contributed by atoms with Crippen LogP contribution in [0.4, 0.5) is 4.39 Å². The number of benzene rings is 2. The minimum Gasteiger partial charge on any atom is -0.483 e. The molecular weight excluding hydrogens is 426 g/mol. The van der Waals surface area contributed by atoms with Crippen molar-refractivity contribution in [2.75, 3.05) is 38.7 Å². The standard InChI is InChI=1S/C23H27Cl2FN2O2/c1-16-12-21(26)17(2)11-19(16)14-27-7-9-28(10-8-27)23(29)15-30-22-4-3-20(25)13-18(22)5-6-24/h3-4,11-13H,5-10,14-15H2,1-2H3. The van der Waals surface area contributed by atoms with Crippen molar-refractivity contribution in [1.29, 1.82) is 0 Å². The van der Waals surface area contributed by atoms with Crippen molar-refractivity contribution in [1.82, 2.24) is 9.80 Å². The molecule has 1 saturated heterocycles.